The molecule has 5 nitrogen and oxygen atoms in total. The van der Waals surface area contributed by atoms with Crippen molar-refractivity contribution in [2.75, 3.05) is 0 Å². The Kier molecular flexibility index (Phi) is 5.15. The summed E-state index contributed by atoms with van der Waals surface area (Å²) in [6.45, 7) is 4.04. The van der Waals surface area contributed by atoms with Crippen LogP contribution >= 0.6 is 22.9 Å². The Morgan fingerprint density at radius 1 is 1.40 bits per heavy atom. The number of hydrogen-bond donors (Lipinski definition) is 1. The second kappa shape index (κ2) is 7.33. The van der Waals surface area contributed by atoms with Crippen molar-refractivity contribution in [3.8, 4) is 5.13 Å². The lowest BCUT2D eigenvalue weighted by atomic mass is 10.1. The number of amides is 1. The normalized spacial score (nSPS) is 10.9. The van der Waals surface area contributed by atoms with Gasteiger partial charge in [0, 0.05) is 34.4 Å². The Labute approximate surface area is 153 Å². The first kappa shape index (κ1) is 17.6. The molecule has 0 unspecified atom stereocenters. The van der Waals surface area contributed by atoms with Gasteiger partial charge < -0.3 is 5.32 Å². The van der Waals surface area contributed by atoms with Crippen LogP contribution in [-0.2, 0) is 17.8 Å². The van der Waals surface area contributed by atoms with E-state index in [0.717, 1.165) is 22.1 Å². The summed E-state index contributed by atoms with van der Waals surface area (Å²) in [5.74, 6) is -0.550. The van der Waals surface area contributed by atoms with Crippen LogP contribution in [0, 0.1) is 19.7 Å². The highest BCUT2D eigenvalue weighted by Gasteiger charge is 2.17. The lowest BCUT2D eigenvalue weighted by Gasteiger charge is -2.08. The van der Waals surface area contributed by atoms with Gasteiger partial charge in [0.2, 0.25) is 11.0 Å². The van der Waals surface area contributed by atoms with Crippen LogP contribution < -0.4 is 5.32 Å². The van der Waals surface area contributed by atoms with Gasteiger partial charge in [-0.3, -0.25) is 4.79 Å². The maximum atomic E-state index is 13.1. The minimum Gasteiger partial charge on any atom is -0.352 e. The number of rotatable bonds is 5. The maximum absolute atomic E-state index is 13.1. The lowest BCUT2D eigenvalue weighted by Crippen LogP contribution is -2.25. The molecular weight excluding hydrogens is 363 g/mol. The Bertz CT molecular complexity index is 908. The molecular formula is C17H16ClFN4OS. The van der Waals surface area contributed by atoms with Crippen LogP contribution in [0.25, 0.3) is 5.13 Å². The molecule has 0 radical (unpaired) electrons. The molecule has 25 heavy (non-hydrogen) atoms. The van der Waals surface area contributed by atoms with E-state index in [0.29, 0.717) is 10.6 Å². The third kappa shape index (κ3) is 3.88. The van der Waals surface area contributed by atoms with Crippen LogP contribution in [0.15, 0.2) is 29.8 Å². The van der Waals surface area contributed by atoms with Gasteiger partial charge in [0.05, 0.1) is 12.1 Å². The molecule has 0 saturated carbocycles. The van der Waals surface area contributed by atoms with Gasteiger partial charge in [0.25, 0.3) is 0 Å². The van der Waals surface area contributed by atoms with Crippen molar-refractivity contribution in [2.45, 2.75) is 26.8 Å². The van der Waals surface area contributed by atoms with Gasteiger partial charge in [0.15, 0.2) is 0 Å². The zero-order valence-electron chi connectivity index (χ0n) is 13.7. The highest BCUT2D eigenvalue weighted by Crippen LogP contribution is 2.20. The van der Waals surface area contributed by atoms with E-state index in [9.17, 15) is 9.18 Å². The van der Waals surface area contributed by atoms with Gasteiger partial charge in [-0.1, -0.05) is 17.7 Å². The summed E-state index contributed by atoms with van der Waals surface area (Å²) in [4.78, 5) is 16.5. The van der Waals surface area contributed by atoms with Crippen molar-refractivity contribution in [2.24, 2.45) is 0 Å². The molecule has 2 aromatic heterocycles. The van der Waals surface area contributed by atoms with Crippen molar-refractivity contribution in [3.63, 3.8) is 0 Å². The van der Waals surface area contributed by atoms with Crippen molar-refractivity contribution < 1.29 is 9.18 Å². The number of hydrogen-bond acceptors (Lipinski definition) is 4. The number of carbonyl (C=O) groups excluding carboxylic acids is 1. The predicted octanol–water partition coefficient (Wildman–Crippen LogP) is 3.60. The summed E-state index contributed by atoms with van der Waals surface area (Å²) >= 11 is 7.46. The highest BCUT2D eigenvalue weighted by atomic mass is 35.5. The first-order chi connectivity index (χ1) is 12.0. The van der Waals surface area contributed by atoms with Crippen LogP contribution in [0.1, 0.15) is 22.5 Å². The molecule has 0 saturated heterocycles. The molecule has 0 bridgehead atoms. The Balaban J connectivity index is 1.69. The van der Waals surface area contributed by atoms with Crippen LogP contribution in [0.2, 0.25) is 5.02 Å². The maximum Gasteiger partial charge on any atom is 0.224 e. The SMILES string of the molecule is Cc1nn(-c2nccs2)c(C)c1CC(=O)NCc1ccc(F)cc1Cl. The average molecular weight is 379 g/mol. The molecule has 0 atom stereocenters. The second-order valence-electron chi connectivity index (χ2n) is 5.57. The fourth-order valence-electron chi connectivity index (χ4n) is 2.52. The number of nitrogens with zero attached hydrogens (tertiary/aromatic N) is 3. The quantitative estimate of drug-likeness (QED) is 0.738. The summed E-state index contributed by atoms with van der Waals surface area (Å²) in [6.07, 6.45) is 1.93. The van der Waals surface area contributed by atoms with Gasteiger partial charge in [-0.2, -0.15) is 5.10 Å². The van der Waals surface area contributed by atoms with E-state index in [1.54, 1.807) is 16.9 Å². The summed E-state index contributed by atoms with van der Waals surface area (Å²) in [5, 5.41) is 10.2. The summed E-state index contributed by atoms with van der Waals surface area (Å²) in [7, 11) is 0. The molecule has 1 aromatic carbocycles. The van der Waals surface area contributed by atoms with E-state index in [4.69, 9.17) is 11.6 Å². The molecule has 0 aliphatic carbocycles. The number of halogens is 2. The van der Waals surface area contributed by atoms with Gasteiger partial charge in [-0.05, 0) is 31.5 Å². The molecule has 1 N–H and O–H groups in total. The van der Waals surface area contributed by atoms with E-state index in [2.05, 4.69) is 15.4 Å². The fourth-order valence-corrected chi connectivity index (χ4v) is 3.40. The van der Waals surface area contributed by atoms with Crippen LogP contribution in [0.5, 0.6) is 0 Å². The van der Waals surface area contributed by atoms with Crippen LogP contribution in [-0.4, -0.2) is 20.7 Å². The lowest BCUT2D eigenvalue weighted by molar-refractivity contribution is -0.120. The topological polar surface area (TPSA) is 59.8 Å². The third-order valence-electron chi connectivity index (χ3n) is 3.87. The van der Waals surface area contributed by atoms with Crippen molar-refractivity contribution in [1.29, 1.82) is 0 Å². The number of benzene rings is 1. The standard InChI is InChI=1S/C17H16ClFN4OS/c1-10-14(11(2)23(22-10)17-20-5-6-25-17)8-16(24)21-9-12-3-4-13(19)7-15(12)18/h3-7H,8-9H2,1-2H3,(H,21,24). The predicted molar refractivity (Wildman–Crippen MR) is 95.7 cm³/mol. The van der Waals surface area contributed by atoms with E-state index >= 15 is 0 Å². The van der Waals surface area contributed by atoms with Gasteiger partial charge in [-0.25, -0.2) is 14.1 Å². The van der Waals surface area contributed by atoms with Crippen molar-refractivity contribution in [1.82, 2.24) is 20.1 Å². The highest BCUT2D eigenvalue weighted by molar-refractivity contribution is 7.12. The molecule has 1 amide bonds. The molecule has 8 heteroatoms. The first-order valence-electron chi connectivity index (χ1n) is 7.61. The monoisotopic (exact) mass is 378 g/mol. The number of thiazole rings is 1. The first-order valence-corrected chi connectivity index (χ1v) is 8.87. The van der Waals surface area contributed by atoms with Crippen LogP contribution in [0.4, 0.5) is 4.39 Å². The van der Waals surface area contributed by atoms with E-state index in [1.165, 1.54) is 23.5 Å². The van der Waals surface area contributed by atoms with E-state index < -0.39 is 5.82 Å². The molecule has 0 fully saturated rings. The average Bonchev–Trinajstić information content (AvgIpc) is 3.18. The van der Waals surface area contributed by atoms with Gasteiger partial charge >= 0.3 is 0 Å². The zero-order chi connectivity index (χ0) is 18.0. The summed E-state index contributed by atoms with van der Waals surface area (Å²) < 4.78 is 14.8. The molecule has 3 aromatic rings. The molecule has 0 aliphatic heterocycles. The molecule has 3 rings (SSSR count). The Morgan fingerprint density at radius 3 is 2.88 bits per heavy atom. The minimum absolute atomic E-state index is 0.148. The van der Waals surface area contributed by atoms with Crippen molar-refractivity contribution in [3.05, 3.63) is 63.1 Å². The molecule has 130 valence electrons. The zero-order valence-corrected chi connectivity index (χ0v) is 15.3. The fraction of sp³-hybridized carbons (Fsp3) is 0.235. The second-order valence-corrected chi connectivity index (χ2v) is 6.85. The van der Waals surface area contributed by atoms with Gasteiger partial charge in [-0.15, -0.1) is 11.3 Å². The molecule has 2 heterocycles. The van der Waals surface area contributed by atoms with Crippen molar-refractivity contribution >= 4 is 28.8 Å². The summed E-state index contributed by atoms with van der Waals surface area (Å²) in [6, 6.07) is 4.12. The van der Waals surface area contributed by atoms with E-state index in [1.807, 2.05) is 19.2 Å². The Morgan fingerprint density at radius 2 is 2.20 bits per heavy atom. The van der Waals surface area contributed by atoms with E-state index in [-0.39, 0.29) is 18.9 Å². The Hall–Kier alpha value is -2.25. The number of aromatic nitrogens is 3. The third-order valence-corrected chi connectivity index (χ3v) is 4.97. The number of aryl methyl sites for hydroxylation is 1. The minimum atomic E-state index is -0.402. The number of carbonyl (C=O) groups is 1. The molecule has 0 aliphatic rings. The van der Waals surface area contributed by atoms with Crippen LogP contribution in [0.3, 0.4) is 0 Å². The molecule has 0 spiro atoms. The summed E-state index contributed by atoms with van der Waals surface area (Å²) in [5.41, 5.74) is 3.23. The van der Waals surface area contributed by atoms with Gasteiger partial charge in [0.1, 0.15) is 5.82 Å². The largest absolute Gasteiger partial charge is 0.352 e. The number of nitrogens with one attached hydrogen (secondary N) is 1. The smallest absolute Gasteiger partial charge is 0.224 e.